The summed E-state index contributed by atoms with van der Waals surface area (Å²) in [5.41, 5.74) is 2.40. The Labute approximate surface area is 162 Å². The zero-order chi connectivity index (χ0) is 19.3. The van der Waals surface area contributed by atoms with Crippen LogP contribution in [0.2, 0.25) is 0 Å². The van der Waals surface area contributed by atoms with Gasteiger partial charge in [0.25, 0.3) is 11.8 Å². The van der Waals surface area contributed by atoms with Crippen molar-refractivity contribution >= 4 is 23.2 Å². The first-order valence-corrected chi connectivity index (χ1v) is 8.83. The summed E-state index contributed by atoms with van der Waals surface area (Å²) in [5.74, 6) is 0.840. The van der Waals surface area contributed by atoms with Gasteiger partial charge in [-0.15, -0.1) is 0 Å². The minimum Gasteiger partial charge on any atom is -0.489 e. The fourth-order valence-corrected chi connectivity index (χ4v) is 2.90. The van der Waals surface area contributed by atoms with E-state index in [1.165, 1.54) is 0 Å². The van der Waals surface area contributed by atoms with Crippen molar-refractivity contribution in [1.29, 1.82) is 0 Å². The van der Waals surface area contributed by atoms with Gasteiger partial charge in [0.1, 0.15) is 18.1 Å². The molecule has 0 unspecified atom stereocenters. The van der Waals surface area contributed by atoms with E-state index in [1.54, 1.807) is 24.3 Å². The van der Waals surface area contributed by atoms with Crippen molar-refractivity contribution in [3.8, 4) is 11.5 Å². The Bertz CT molecular complexity index is 1020. The van der Waals surface area contributed by atoms with Crippen molar-refractivity contribution in [2.45, 2.75) is 6.61 Å². The van der Waals surface area contributed by atoms with Crippen LogP contribution in [0.3, 0.4) is 0 Å². The molecule has 1 aliphatic rings. The van der Waals surface area contributed by atoms with Gasteiger partial charge < -0.3 is 20.1 Å². The van der Waals surface area contributed by atoms with Crippen LogP contribution in [0.15, 0.2) is 72.8 Å². The number of amides is 2. The molecule has 140 valence electrons. The number of ether oxygens (including phenoxy) is 2. The molecule has 3 aromatic rings. The van der Waals surface area contributed by atoms with E-state index >= 15 is 0 Å². The Morgan fingerprint density at radius 1 is 1.04 bits per heavy atom. The monoisotopic (exact) mass is 374 g/mol. The van der Waals surface area contributed by atoms with E-state index in [2.05, 4.69) is 10.6 Å². The van der Waals surface area contributed by atoms with Gasteiger partial charge in [-0.1, -0.05) is 36.4 Å². The molecule has 3 aromatic carbocycles. The number of rotatable bonds is 5. The van der Waals surface area contributed by atoms with Gasteiger partial charge in [0, 0.05) is 16.8 Å². The maximum atomic E-state index is 12.8. The number of fused-ring (bicyclic) bond motifs is 1. The normalized spacial score (nSPS) is 12.4. The Kier molecular flexibility index (Phi) is 4.93. The van der Waals surface area contributed by atoms with Gasteiger partial charge in [-0.25, -0.2) is 0 Å². The molecular formula is C22H18N2O4. The third-order valence-electron chi connectivity index (χ3n) is 4.27. The van der Waals surface area contributed by atoms with Crippen molar-refractivity contribution in [2.24, 2.45) is 0 Å². The standard InChI is InChI=1S/C22H18N2O4/c25-21-14-28-20-11-10-16(12-19(20)24-21)23-22(26)18-9-5-4-6-15(18)13-27-17-7-2-1-3-8-17/h1-12H,13-14H2,(H,23,26)(H,24,25). The second-order valence-corrected chi connectivity index (χ2v) is 6.26. The highest BCUT2D eigenvalue weighted by Gasteiger charge is 2.17. The number of hydrogen-bond donors (Lipinski definition) is 2. The van der Waals surface area contributed by atoms with Crippen LogP contribution in [0.1, 0.15) is 15.9 Å². The zero-order valence-corrected chi connectivity index (χ0v) is 15.0. The number of anilines is 2. The van der Waals surface area contributed by atoms with Gasteiger partial charge in [-0.3, -0.25) is 9.59 Å². The van der Waals surface area contributed by atoms with Gasteiger partial charge >= 0.3 is 0 Å². The molecule has 2 amide bonds. The van der Waals surface area contributed by atoms with Crippen molar-refractivity contribution < 1.29 is 19.1 Å². The van der Waals surface area contributed by atoms with Crippen LogP contribution in [0.25, 0.3) is 0 Å². The van der Waals surface area contributed by atoms with E-state index in [-0.39, 0.29) is 25.0 Å². The smallest absolute Gasteiger partial charge is 0.262 e. The average Bonchev–Trinajstić information content (AvgIpc) is 2.73. The van der Waals surface area contributed by atoms with Gasteiger partial charge in [0.15, 0.2) is 6.61 Å². The molecule has 0 bridgehead atoms. The minimum atomic E-state index is -0.254. The molecule has 6 heteroatoms. The highest BCUT2D eigenvalue weighted by atomic mass is 16.5. The SMILES string of the molecule is O=C1COc2ccc(NC(=O)c3ccccc3COc3ccccc3)cc2N1. The number of carbonyl (C=O) groups excluding carboxylic acids is 2. The summed E-state index contributed by atoms with van der Waals surface area (Å²) in [7, 11) is 0. The molecule has 28 heavy (non-hydrogen) atoms. The first kappa shape index (κ1) is 17.6. The fourth-order valence-electron chi connectivity index (χ4n) is 2.90. The predicted octanol–water partition coefficient (Wildman–Crippen LogP) is 3.85. The number of carbonyl (C=O) groups is 2. The van der Waals surface area contributed by atoms with Crippen LogP contribution in [-0.4, -0.2) is 18.4 Å². The molecule has 6 nitrogen and oxygen atoms in total. The maximum absolute atomic E-state index is 12.8. The van der Waals surface area contributed by atoms with E-state index in [1.807, 2.05) is 48.5 Å². The summed E-state index contributed by atoms with van der Waals surface area (Å²) in [4.78, 5) is 24.3. The highest BCUT2D eigenvalue weighted by molar-refractivity contribution is 6.06. The third kappa shape index (κ3) is 3.96. The predicted molar refractivity (Wildman–Crippen MR) is 106 cm³/mol. The second kappa shape index (κ2) is 7.84. The average molecular weight is 374 g/mol. The van der Waals surface area contributed by atoms with Crippen LogP contribution in [0.4, 0.5) is 11.4 Å². The van der Waals surface area contributed by atoms with Crippen molar-refractivity contribution in [2.75, 3.05) is 17.2 Å². The number of nitrogens with one attached hydrogen (secondary N) is 2. The molecule has 4 rings (SSSR count). The van der Waals surface area contributed by atoms with Crippen LogP contribution >= 0.6 is 0 Å². The maximum Gasteiger partial charge on any atom is 0.262 e. The summed E-state index contributed by atoms with van der Waals surface area (Å²) in [5, 5.41) is 5.59. The largest absolute Gasteiger partial charge is 0.489 e. The molecule has 0 aliphatic carbocycles. The highest BCUT2D eigenvalue weighted by Crippen LogP contribution is 2.30. The summed E-state index contributed by atoms with van der Waals surface area (Å²) in [6.45, 7) is 0.273. The summed E-state index contributed by atoms with van der Waals surface area (Å²) in [6, 6.07) is 21.9. The molecule has 1 aliphatic heterocycles. The molecule has 0 saturated heterocycles. The molecule has 0 fully saturated rings. The molecule has 0 radical (unpaired) electrons. The lowest BCUT2D eigenvalue weighted by Crippen LogP contribution is -2.25. The number of hydrogen-bond acceptors (Lipinski definition) is 4. The molecule has 0 aromatic heterocycles. The number of para-hydroxylation sites is 1. The molecular weight excluding hydrogens is 356 g/mol. The van der Waals surface area contributed by atoms with E-state index in [9.17, 15) is 9.59 Å². The first-order valence-electron chi connectivity index (χ1n) is 8.83. The van der Waals surface area contributed by atoms with Gasteiger partial charge in [0.05, 0.1) is 5.69 Å². The molecule has 0 atom stereocenters. The quantitative estimate of drug-likeness (QED) is 0.711. The molecule has 0 saturated carbocycles. The Morgan fingerprint density at radius 3 is 2.68 bits per heavy atom. The van der Waals surface area contributed by atoms with Crippen LogP contribution in [0, 0.1) is 0 Å². The summed E-state index contributed by atoms with van der Waals surface area (Å²) in [6.07, 6.45) is 0. The second-order valence-electron chi connectivity index (χ2n) is 6.26. The van der Waals surface area contributed by atoms with Crippen LogP contribution in [0.5, 0.6) is 11.5 Å². The molecule has 0 spiro atoms. The molecule has 2 N–H and O–H groups in total. The van der Waals surface area contributed by atoms with Crippen LogP contribution in [-0.2, 0) is 11.4 Å². The lowest BCUT2D eigenvalue weighted by molar-refractivity contribution is -0.118. The van der Waals surface area contributed by atoms with Crippen molar-refractivity contribution in [3.05, 3.63) is 83.9 Å². The van der Waals surface area contributed by atoms with Gasteiger partial charge in [-0.05, 0) is 36.4 Å². The van der Waals surface area contributed by atoms with Gasteiger partial charge in [0.2, 0.25) is 0 Å². The third-order valence-corrected chi connectivity index (χ3v) is 4.27. The fraction of sp³-hybridized carbons (Fsp3) is 0.0909. The summed E-state index contributed by atoms with van der Waals surface area (Å²) >= 11 is 0. The van der Waals surface area contributed by atoms with Crippen molar-refractivity contribution in [1.82, 2.24) is 0 Å². The first-order chi connectivity index (χ1) is 13.7. The topological polar surface area (TPSA) is 76.7 Å². The van der Waals surface area contributed by atoms with Crippen LogP contribution < -0.4 is 20.1 Å². The van der Waals surface area contributed by atoms with E-state index in [0.717, 1.165) is 11.3 Å². The lowest BCUT2D eigenvalue weighted by Gasteiger charge is -2.19. The number of benzene rings is 3. The van der Waals surface area contributed by atoms with Crippen molar-refractivity contribution in [3.63, 3.8) is 0 Å². The minimum absolute atomic E-state index is 0.00645. The Hall–Kier alpha value is -3.80. The Morgan fingerprint density at radius 2 is 1.82 bits per heavy atom. The summed E-state index contributed by atoms with van der Waals surface area (Å²) < 4.78 is 11.1. The van der Waals surface area contributed by atoms with E-state index < -0.39 is 0 Å². The molecule has 1 heterocycles. The lowest BCUT2D eigenvalue weighted by atomic mass is 10.1. The zero-order valence-electron chi connectivity index (χ0n) is 15.0. The van der Waals surface area contributed by atoms with E-state index in [4.69, 9.17) is 9.47 Å². The Balaban J connectivity index is 1.49. The van der Waals surface area contributed by atoms with Gasteiger partial charge in [-0.2, -0.15) is 0 Å². The van der Waals surface area contributed by atoms with E-state index in [0.29, 0.717) is 22.7 Å².